The predicted molar refractivity (Wildman–Crippen MR) is 81.3 cm³/mol. The van der Waals surface area contributed by atoms with Gasteiger partial charge in [-0.05, 0) is 6.42 Å². The van der Waals surface area contributed by atoms with E-state index in [0.717, 1.165) is 18.5 Å². The minimum atomic E-state index is -0.160. The molecule has 22 heavy (non-hydrogen) atoms. The van der Waals surface area contributed by atoms with Crippen LogP contribution in [-0.2, 0) is 9.59 Å². The van der Waals surface area contributed by atoms with Crippen LogP contribution < -0.4 is 25.0 Å². The molecule has 0 unspecified atom stereocenters. The Balaban J connectivity index is 1.77. The van der Waals surface area contributed by atoms with Crippen molar-refractivity contribution < 1.29 is 19.1 Å². The molecule has 7 heteroatoms. The number of nitrogens with one attached hydrogen (secondary N) is 2. The molecule has 0 bridgehead atoms. The number of anilines is 2. The fourth-order valence-corrected chi connectivity index (χ4v) is 2.47. The van der Waals surface area contributed by atoms with E-state index in [-0.39, 0.29) is 31.7 Å². The molecular weight excluding hydrogens is 286 g/mol. The summed E-state index contributed by atoms with van der Waals surface area (Å²) in [4.78, 5) is 25.6. The number of nitrogens with zero attached hydrogens (tertiary/aromatic N) is 1. The van der Waals surface area contributed by atoms with Crippen LogP contribution >= 0.6 is 0 Å². The first kappa shape index (κ1) is 14.5. The van der Waals surface area contributed by atoms with E-state index in [1.165, 1.54) is 4.90 Å². The van der Waals surface area contributed by atoms with Gasteiger partial charge in [0.1, 0.15) is 6.54 Å². The second kappa shape index (κ2) is 6.13. The van der Waals surface area contributed by atoms with Crippen molar-refractivity contribution in [1.82, 2.24) is 5.32 Å². The molecular formula is C15H19N3O4. The van der Waals surface area contributed by atoms with E-state index in [2.05, 4.69) is 17.6 Å². The first-order chi connectivity index (χ1) is 10.7. The first-order valence-electron chi connectivity index (χ1n) is 7.43. The number of fused-ring (bicyclic) bond motifs is 2. The van der Waals surface area contributed by atoms with Gasteiger partial charge in [0.15, 0.2) is 11.5 Å². The SMILES string of the molecule is CCCCNC(=O)CN1C(=O)CNc2cc3c(cc21)OCO3. The zero-order valence-corrected chi connectivity index (χ0v) is 12.5. The monoisotopic (exact) mass is 305 g/mol. The Kier molecular flexibility index (Phi) is 4.04. The number of carbonyl (C=O) groups excluding carboxylic acids is 2. The van der Waals surface area contributed by atoms with Gasteiger partial charge in [0.2, 0.25) is 18.6 Å². The Morgan fingerprint density at radius 3 is 2.91 bits per heavy atom. The average Bonchev–Trinajstić information content (AvgIpc) is 2.96. The summed E-state index contributed by atoms with van der Waals surface area (Å²) in [7, 11) is 0. The molecule has 2 aliphatic rings. The van der Waals surface area contributed by atoms with Gasteiger partial charge in [0, 0.05) is 18.7 Å². The van der Waals surface area contributed by atoms with Crippen molar-refractivity contribution in [2.45, 2.75) is 19.8 Å². The van der Waals surface area contributed by atoms with E-state index in [9.17, 15) is 9.59 Å². The van der Waals surface area contributed by atoms with Crippen LogP contribution in [0.3, 0.4) is 0 Å². The van der Waals surface area contributed by atoms with Gasteiger partial charge < -0.3 is 20.1 Å². The van der Waals surface area contributed by atoms with Gasteiger partial charge in [-0.1, -0.05) is 13.3 Å². The van der Waals surface area contributed by atoms with E-state index in [1.807, 2.05) is 0 Å². The largest absolute Gasteiger partial charge is 0.454 e. The lowest BCUT2D eigenvalue weighted by molar-refractivity contribution is -0.123. The number of hydrogen-bond donors (Lipinski definition) is 2. The maximum Gasteiger partial charge on any atom is 0.246 e. The van der Waals surface area contributed by atoms with E-state index < -0.39 is 0 Å². The molecule has 118 valence electrons. The summed E-state index contributed by atoms with van der Waals surface area (Å²) in [5.41, 5.74) is 1.41. The highest BCUT2D eigenvalue weighted by Gasteiger charge is 2.29. The van der Waals surface area contributed by atoms with Crippen LogP contribution in [0.5, 0.6) is 11.5 Å². The van der Waals surface area contributed by atoms with Gasteiger partial charge >= 0.3 is 0 Å². The van der Waals surface area contributed by atoms with Crippen LogP contribution in [0.15, 0.2) is 12.1 Å². The van der Waals surface area contributed by atoms with Crippen molar-refractivity contribution >= 4 is 23.2 Å². The van der Waals surface area contributed by atoms with Gasteiger partial charge in [-0.25, -0.2) is 0 Å². The molecule has 1 aromatic rings. The molecule has 0 radical (unpaired) electrons. The van der Waals surface area contributed by atoms with Crippen LogP contribution in [0.1, 0.15) is 19.8 Å². The lowest BCUT2D eigenvalue weighted by Crippen LogP contribution is -2.45. The molecule has 0 spiro atoms. The summed E-state index contributed by atoms with van der Waals surface area (Å²) < 4.78 is 10.7. The molecule has 0 aliphatic carbocycles. The Hall–Kier alpha value is -2.44. The highest BCUT2D eigenvalue weighted by Crippen LogP contribution is 2.42. The molecule has 2 N–H and O–H groups in total. The van der Waals surface area contributed by atoms with E-state index >= 15 is 0 Å². The summed E-state index contributed by atoms with van der Waals surface area (Å²) in [6.07, 6.45) is 1.94. The van der Waals surface area contributed by atoms with Crippen molar-refractivity contribution in [3.63, 3.8) is 0 Å². The van der Waals surface area contributed by atoms with E-state index in [1.54, 1.807) is 12.1 Å². The quantitative estimate of drug-likeness (QED) is 0.796. The zero-order chi connectivity index (χ0) is 15.5. The molecule has 2 aliphatic heterocycles. The minimum absolute atomic E-state index is 0.0108. The van der Waals surface area contributed by atoms with Crippen LogP contribution in [0.4, 0.5) is 11.4 Å². The van der Waals surface area contributed by atoms with Crippen LogP contribution in [0.25, 0.3) is 0 Å². The Bertz CT molecular complexity index is 603. The minimum Gasteiger partial charge on any atom is -0.454 e. The van der Waals surface area contributed by atoms with Gasteiger partial charge in [-0.2, -0.15) is 0 Å². The summed E-state index contributed by atoms with van der Waals surface area (Å²) >= 11 is 0. The van der Waals surface area contributed by atoms with Crippen LogP contribution in [-0.4, -0.2) is 38.2 Å². The third kappa shape index (κ3) is 2.79. The maximum atomic E-state index is 12.1. The maximum absolute atomic E-state index is 12.1. The number of benzene rings is 1. The number of unbranched alkanes of at least 4 members (excludes halogenated alkanes) is 1. The number of carbonyl (C=O) groups is 2. The first-order valence-corrected chi connectivity index (χ1v) is 7.43. The van der Waals surface area contributed by atoms with Crippen LogP contribution in [0.2, 0.25) is 0 Å². The topological polar surface area (TPSA) is 79.9 Å². The highest BCUT2D eigenvalue weighted by molar-refractivity contribution is 6.06. The standard InChI is InChI=1S/C15H19N3O4/c1-2-3-4-16-14(19)8-18-11-6-13-12(21-9-22-13)5-10(11)17-7-15(18)20/h5-6,17H,2-4,7-9H2,1H3,(H,16,19). The Morgan fingerprint density at radius 2 is 2.14 bits per heavy atom. The third-order valence-corrected chi connectivity index (χ3v) is 3.67. The molecule has 0 aromatic heterocycles. The second-order valence-corrected chi connectivity index (χ2v) is 5.26. The molecule has 0 saturated carbocycles. The highest BCUT2D eigenvalue weighted by atomic mass is 16.7. The number of amides is 2. The lowest BCUT2D eigenvalue weighted by atomic mass is 10.1. The van der Waals surface area contributed by atoms with Crippen molar-refractivity contribution in [3.05, 3.63) is 12.1 Å². The Morgan fingerprint density at radius 1 is 1.36 bits per heavy atom. The number of ether oxygens (including phenoxy) is 2. The lowest BCUT2D eigenvalue weighted by Gasteiger charge is -2.29. The predicted octanol–water partition coefficient (Wildman–Crippen LogP) is 1.09. The van der Waals surface area contributed by atoms with E-state index in [4.69, 9.17) is 9.47 Å². The summed E-state index contributed by atoms with van der Waals surface area (Å²) in [6.45, 7) is 3.03. The molecule has 2 heterocycles. The molecule has 2 amide bonds. The number of rotatable bonds is 5. The smallest absolute Gasteiger partial charge is 0.246 e. The molecule has 0 saturated heterocycles. The summed E-state index contributed by atoms with van der Waals surface area (Å²) in [5.74, 6) is 0.934. The fraction of sp³-hybridized carbons (Fsp3) is 0.467. The van der Waals surface area contributed by atoms with Crippen molar-refractivity contribution in [2.24, 2.45) is 0 Å². The molecule has 0 atom stereocenters. The van der Waals surface area contributed by atoms with Crippen LogP contribution in [0, 0.1) is 0 Å². The van der Waals surface area contributed by atoms with Gasteiger partial charge in [-0.15, -0.1) is 0 Å². The summed E-state index contributed by atoms with van der Waals surface area (Å²) in [5, 5.41) is 5.86. The average molecular weight is 305 g/mol. The number of hydrogen-bond acceptors (Lipinski definition) is 5. The third-order valence-electron chi connectivity index (χ3n) is 3.67. The molecule has 1 aromatic carbocycles. The van der Waals surface area contributed by atoms with Gasteiger partial charge in [-0.3, -0.25) is 14.5 Å². The molecule has 3 rings (SSSR count). The van der Waals surface area contributed by atoms with Gasteiger partial charge in [0.05, 0.1) is 17.9 Å². The van der Waals surface area contributed by atoms with E-state index in [0.29, 0.717) is 23.7 Å². The second-order valence-electron chi connectivity index (χ2n) is 5.26. The Labute approximate surface area is 128 Å². The van der Waals surface area contributed by atoms with Gasteiger partial charge in [0.25, 0.3) is 0 Å². The normalized spacial score (nSPS) is 15.3. The zero-order valence-electron chi connectivity index (χ0n) is 12.5. The van der Waals surface area contributed by atoms with Crippen molar-refractivity contribution in [3.8, 4) is 11.5 Å². The van der Waals surface area contributed by atoms with Crippen molar-refractivity contribution in [1.29, 1.82) is 0 Å². The summed E-state index contributed by atoms with van der Waals surface area (Å²) in [6, 6.07) is 3.53. The molecule has 7 nitrogen and oxygen atoms in total. The molecule has 0 fully saturated rings. The van der Waals surface area contributed by atoms with Crippen molar-refractivity contribution in [2.75, 3.05) is 36.6 Å². The fourth-order valence-electron chi connectivity index (χ4n) is 2.47.